The first-order valence-electron chi connectivity index (χ1n) is 6.59. The van der Waals surface area contributed by atoms with E-state index in [-0.39, 0.29) is 0 Å². The highest BCUT2D eigenvalue weighted by Gasteiger charge is 2.17. The average Bonchev–Trinajstić information content (AvgIpc) is 2.22. The number of rotatable bonds is 6. The lowest BCUT2D eigenvalue weighted by Crippen LogP contribution is -2.36. The number of nitrogens with zero attached hydrogens (tertiary/aromatic N) is 2. The maximum absolute atomic E-state index is 2.53. The van der Waals surface area contributed by atoms with E-state index in [2.05, 4.69) is 30.8 Å². The van der Waals surface area contributed by atoms with Crippen LogP contribution in [-0.2, 0) is 0 Å². The lowest BCUT2D eigenvalue weighted by atomic mass is 9.96. The number of hydrogen-bond donors (Lipinski definition) is 0. The SMILES string of the molecule is CCCCCN(C)CC1CCN(C)CC1. The third kappa shape index (κ3) is 5.53. The second kappa shape index (κ2) is 7.24. The summed E-state index contributed by atoms with van der Waals surface area (Å²) in [6, 6.07) is 0. The van der Waals surface area contributed by atoms with E-state index >= 15 is 0 Å². The summed E-state index contributed by atoms with van der Waals surface area (Å²) < 4.78 is 0. The van der Waals surface area contributed by atoms with E-state index in [4.69, 9.17) is 0 Å². The standard InChI is InChI=1S/C13H28N2/c1-4-5-6-9-15(3)12-13-7-10-14(2)11-8-13/h13H,4-12H2,1-3H3. The van der Waals surface area contributed by atoms with Crippen molar-refractivity contribution >= 4 is 0 Å². The second-order valence-corrected chi connectivity index (χ2v) is 5.22. The first kappa shape index (κ1) is 13.0. The molecule has 2 nitrogen and oxygen atoms in total. The Bertz CT molecular complexity index is 151. The summed E-state index contributed by atoms with van der Waals surface area (Å²) in [4.78, 5) is 4.99. The fourth-order valence-corrected chi connectivity index (χ4v) is 2.41. The molecule has 1 aliphatic rings. The Morgan fingerprint density at radius 3 is 2.47 bits per heavy atom. The van der Waals surface area contributed by atoms with Crippen molar-refractivity contribution in [1.82, 2.24) is 9.80 Å². The molecule has 0 radical (unpaired) electrons. The van der Waals surface area contributed by atoms with Gasteiger partial charge in [0.25, 0.3) is 0 Å². The van der Waals surface area contributed by atoms with E-state index in [9.17, 15) is 0 Å². The Balaban J connectivity index is 2.06. The third-order valence-electron chi connectivity index (χ3n) is 3.55. The van der Waals surface area contributed by atoms with Crippen LogP contribution in [0.2, 0.25) is 0 Å². The highest BCUT2D eigenvalue weighted by Crippen LogP contribution is 2.16. The molecule has 0 N–H and O–H groups in total. The molecule has 1 rings (SSSR count). The molecule has 0 spiro atoms. The van der Waals surface area contributed by atoms with E-state index in [0.717, 1.165) is 5.92 Å². The van der Waals surface area contributed by atoms with Gasteiger partial charge in [-0.2, -0.15) is 0 Å². The van der Waals surface area contributed by atoms with E-state index in [0.29, 0.717) is 0 Å². The van der Waals surface area contributed by atoms with Crippen LogP contribution in [0.4, 0.5) is 0 Å². The monoisotopic (exact) mass is 212 g/mol. The number of hydrogen-bond acceptors (Lipinski definition) is 2. The van der Waals surface area contributed by atoms with Crippen LogP contribution in [-0.4, -0.2) is 50.1 Å². The quantitative estimate of drug-likeness (QED) is 0.624. The van der Waals surface area contributed by atoms with Crippen LogP contribution >= 0.6 is 0 Å². The molecule has 0 aliphatic carbocycles. The molecule has 2 heteroatoms. The molecule has 0 saturated carbocycles. The summed E-state index contributed by atoms with van der Waals surface area (Å²) in [5, 5.41) is 0. The van der Waals surface area contributed by atoms with Crippen molar-refractivity contribution < 1.29 is 0 Å². The fraction of sp³-hybridized carbons (Fsp3) is 1.00. The predicted molar refractivity (Wildman–Crippen MR) is 67.2 cm³/mol. The van der Waals surface area contributed by atoms with Crippen molar-refractivity contribution in [3.8, 4) is 0 Å². The minimum Gasteiger partial charge on any atom is -0.306 e. The van der Waals surface area contributed by atoms with E-state index in [1.54, 1.807) is 0 Å². The zero-order valence-corrected chi connectivity index (χ0v) is 10.8. The highest BCUT2D eigenvalue weighted by molar-refractivity contribution is 4.72. The van der Waals surface area contributed by atoms with Gasteiger partial charge in [0.05, 0.1) is 0 Å². The summed E-state index contributed by atoms with van der Waals surface area (Å²) in [7, 11) is 4.52. The van der Waals surface area contributed by atoms with Crippen LogP contribution in [0.15, 0.2) is 0 Å². The molecule has 0 aromatic carbocycles. The van der Waals surface area contributed by atoms with Crippen LogP contribution in [0.1, 0.15) is 39.0 Å². The summed E-state index contributed by atoms with van der Waals surface area (Å²) in [5.74, 6) is 0.952. The van der Waals surface area contributed by atoms with E-state index < -0.39 is 0 Å². The van der Waals surface area contributed by atoms with Crippen molar-refractivity contribution in [3.63, 3.8) is 0 Å². The molecule has 0 unspecified atom stereocenters. The molecule has 0 atom stereocenters. The molecular formula is C13H28N2. The van der Waals surface area contributed by atoms with Gasteiger partial charge in [-0.1, -0.05) is 19.8 Å². The van der Waals surface area contributed by atoms with Crippen LogP contribution < -0.4 is 0 Å². The van der Waals surface area contributed by atoms with E-state index in [1.807, 2.05) is 0 Å². The van der Waals surface area contributed by atoms with Gasteiger partial charge in [0.15, 0.2) is 0 Å². The van der Waals surface area contributed by atoms with E-state index in [1.165, 1.54) is 58.3 Å². The van der Waals surface area contributed by atoms with Gasteiger partial charge in [0, 0.05) is 6.54 Å². The Morgan fingerprint density at radius 2 is 1.87 bits per heavy atom. The van der Waals surface area contributed by atoms with Gasteiger partial charge in [-0.25, -0.2) is 0 Å². The second-order valence-electron chi connectivity index (χ2n) is 5.22. The third-order valence-corrected chi connectivity index (χ3v) is 3.55. The molecule has 15 heavy (non-hydrogen) atoms. The van der Waals surface area contributed by atoms with Gasteiger partial charge in [-0.15, -0.1) is 0 Å². The average molecular weight is 212 g/mol. The summed E-state index contributed by atoms with van der Waals surface area (Å²) in [6.45, 7) is 7.48. The lowest BCUT2D eigenvalue weighted by molar-refractivity contribution is 0.175. The van der Waals surface area contributed by atoms with Crippen molar-refractivity contribution in [3.05, 3.63) is 0 Å². The van der Waals surface area contributed by atoms with Crippen molar-refractivity contribution in [2.45, 2.75) is 39.0 Å². The van der Waals surface area contributed by atoms with Crippen LogP contribution in [0.25, 0.3) is 0 Å². The van der Waals surface area contributed by atoms with Gasteiger partial charge in [-0.05, 0) is 58.9 Å². The minimum absolute atomic E-state index is 0.952. The Kier molecular flexibility index (Phi) is 6.26. The molecule has 0 aromatic heterocycles. The fourth-order valence-electron chi connectivity index (χ4n) is 2.41. The number of piperidine rings is 1. The summed E-state index contributed by atoms with van der Waals surface area (Å²) in [6.07, 6.45) is 6.89. The smallest absolute Gasteiger partial charge is 0.000756 e. The first-order chi connectivity index (χ1) is 7.22. The molecule has 1 saturated heterocycles. The van der Waals surface area contributed by atoms with Crippen LogP contribution in [0.5, 0.6) is 0 Å². The maximum atomic E-state index is 2.53. The lowest BCUT2D eigenvalue weighted by Gasteiger charge is -2.31. The summed E-state index contributed by atoms with van der Waals surface area (Å²) >= 11 is 0. The Morgan fingerprint density at radius 1 is 1.20 bits per heavy atom. The van der Waals surface area contributed by atoms with Gasteiger partial charge in [-0.3, -0.25) is 0 Å². The van der Waals surface area contributed by atoms with Crippen molar-refractivity contribution in [2.24, 2.45) is 5.92 Å². The molecule has 0 bridgehead atoms. The van der Waals surface area contributed by atoms with Gasteiger partial charge >= 0.3 is 0 Å². The Labute approximate surface area is 95.6 Å². The van der Waals surface area contributed by atoms with Crippen LogP contribution in [0, 0.1) is 5.92 Å². The number of unbranched alkanes of at least 4 members (excludes halogenated alkanes) is 2. The molecule has 1 fully saturated rings. The minimum atomic E-state index is 0.952. The van der Waals surface area contributed by atoms with Crippen LogP contribution in [0.3, 0.4) is 0 Å². The Hall–Kier alpha value is -0.0800. The highest BCUT2D eigenvalue weighted by atomic mass is 15.1. The largest absolute Gasteiger partial charge is 0.306 e. The summed E-state index contributed by atoms with van der Waals surface area (Å²) in [5.41, 5.74) is 0. The molecule has 1 heterocycles. The topological polar surface area (TPSA) is 6.48 Å². The number of likely N-dealkylation sites (tertiary alicyclic amines) is 1. The zero-order valence-electron chi connectivity index (χ0n) is 10.8. The molecule has 0 aromatic rings. The molecular weight excluding hydrogens is 184 g/mol. The first-order valence-corrected chi connectivity index (χ1v) is 6.59. The predicted octanol–water partition coefficient (Wildman–Crippen LogP) is 2.45. The van der Waals surface area contributed by atoms with Gasteiger partial charge < -0.3 is 9.80 Å². The molecule has 90 valence electrons. The van der Waals surface area contributed by atoms with Crippen molar-refractivity contribution in [1.29, 1.82) is 0 Å². The maximum Gasteiger partial charge on any atom is 0.000756 e. The zero-order chi connectivity index (χ0) is 11.1. The van der Waals surface area contributed by atoms with Crippen molar-refractivity contribution in [2.75, 3.05) is 40.3 Å². The van der Waals surface area contributed by atoms with Gasteiger partial charge in [0.1, 0.15) is 0 Å². The van der Waals surface area contributed by atoms with Gasteiger partial charge in [0.2, 0.25) is 0 Å². The molecule has 1 aliphatic heterocycles. The normalized spacial score (nSPS) is 20.0. The molecule has 0 amide bonds.